The summed E-state index contributed by atoms with van der Waals surface area (Å²) in [4.78, 5) is 0.394. The van der Waals surface area contributed by atoms with E-state index >= 15 is 0 Å². The van der Waals surface area contributed by atoms with Gasteiger partial charge in [-0.25, -0.2) is 8.42 Å². The number of nitrogens with one attached hydrogen (secondary N) is 1. The summed E-state index contributed by atoms with van der Waals surface area (Å²) in [6.45, 7) is 5.56. The molecule has 0 amide bonds. The largest absolute Gasteiger partial charge is 0.380 e. The fourth-order valence-corrected chi connectivity index (χ4v) is 4.39. The molecule has 1 aromatic rings. The third-order valence-corrected chi connectivity index (χ3v) is 5.66. The van der Waals surface area contributed by atoms with Crippen LogP contribution in [0.2, 0.25) is 0 Å². The number of ether oxygens (including phenoxy) is 1. The van der Waals surface area contributed by atoms with Crippen LogP contribution >= 0.6 is 0 Å². The molecular weight excluding hydrogens is 262 g/mol. The Bertz CT molecular complexity index is 525. The molecule has 5 heteroatoms. The Balaban J connectivity index is 2.31. The molecule has 2 atom stereocenters. The molecule has 1 saturated heterocycles. The van der Waals surface area contributed by atoms with Gasteiger partial charge in [0.15, 0.2) is 9.84 Å². The molecule has 0 bridgehead atoms. The molecule has 0 aromatic heterocycles. The van der Waals surface area contributed by atoms with Crippen LogP contribution < -0.4 is 5.32 Å². The van der Waals surface area contributed by atoms with E-state index in [1.807, 2.05) is 19.9 Å². The fraction of sp³-hybridized carbons (Fsp3) is 0.571. The van der Waals surface area contributed by atoms with Crippen LogP contribution in [-0.4, -0.2) is 39.5 Å². The summed E-state index contributed by atoms with van der Waals surface area (Å²) in [6, 6.07) is 7.06. The van der Waals surface area contributed by atoms with Gasteiger partial charge in [-0.3, -0.25) is 0 Å². The van der Waals surface area contributed by atoms with Gasteiger partial charge in [0.2, 0.25) is 0 Å². The minimum absolute atomic E-state index is 0.0238. The number of aryl methyl sites for hydroxylation is 1. The Hall–Kier alpha value is -0.910. The first-order valence-electron chi connectivity index (χ1n) is 6.67. The molecule has 0 spiro atoms. The van der Waals surface area contributed by atoms with Gasteiger partial charge >= 0.3 is 0 Å². The van der Waals surface area contributed by atoms with Gasteiger partial charge in [0.25, 0.3) is 0 Å². The van der Waals surface area contributed by atoms with Crippen molar-refractivity contribution in [2.24, 2.45) is 0 Å². The molecule has 106 valence electrons. The Kier molecular flexibility index (Phi) is 4.60. The number of hydrogen-bond donors (Lipinski definition) is 1. The second kappa shape index (κ2) is 6.03. The van der Waals surface area contributed by atoms with E-state index in [1.165, 1.54) is 0 Å². The first kappa shape index (κ1) is 14.5. The first-order valence-corrected chi connectivity index (χ1v) is 8.22. The summed E-state index contributed by atoms with van der Waals surface area (Å²) in [7, 11) is -3.34. The van der Waals surface area contributed by atoms with Crippen LogP contribution in [-0.2, 0) is 14.6 Å². The molecule has 1 fully saturated rings. The zero-order valence-electron chi connectivity index (χ0n) is 11.4. The van der Waals surface area contributed by atoms with Crippen LogP contribution in [0.15, 0.2) is 29.2 Å². The lowest BCUT2D eigenvalue weighted by Crippen LogP contribution is -2.50. The average molecular weight is 283 g/mol. The minimum atomic E-state index is -3.34. The van der Waals surface area contributed by atoms with Crippen molar-refractivity contribution in [2.75, 3.05) is 19.8 Å². The summed E-state index contributed by atoms with van der Waals surface area (Å²) in [5.41, 5.74) is 0.956. The highest BCUT2D eigenvalue weighted by Gasteiger charge is 2.36. The lowest BCUT2D eigenvalue weighted by Gasteiger charge is -2.31. The van der Waals surface area contributed by atoms with Crippen LogP contribution in [0.1, 0.15) is 18.9 Å². The SMILES string of the molecule is CCNC1CCOCC1S(=O)(=O)c1cccc(C)c1. The molecule has 2 rings (SSSR count). The maximum atomic E-state index is 12.7. The molecule has 1 aliphatic rings. The van der Waals surface area contributed by atoms with Crippen LogP contribution in [0.3, 0.4) is 0 Å². The van der Waals surface area contributed by atoms with Crippen molar-refractivity contribution < 1.29 is 13.2 Å². The van der Waals surface area contributed by atoms with Crippen LogP contribution in [0.25, 0.3) is 0 Å². The topological polar surface area (TPSA) is 55.4 Å². The van der Waals surface area contributed by atoms with Crippen molar-refractivity contribution in [2.45, 2.75) is 36.5 Å². The predicted molar refractivity (Wildman–Crippen MR) is 75.1 cm³/mol. The number of sulfone groups is 1. The molecule has 0 aliphatic carbocycles. The van der Waals surface area contributed by atoms with Gasteiger partial charge in [-0.15, -0.1) is 0 Å². The highest BCUT2D eigenvalue weighted by atomic mass is 32.2. The lowest BCUT2D eigenvalue weighted by atomic mass is 10.1. The van der Waals surface area contributed by atoms with Gasteiger partial charge in [0.05, 0.1) is 11.5 Å². The van der Waals surface area contributed by atoms with Crippen molar-refractivity contribution in [1.82, 2.24) is 5.32 Å². The van der Waals surface area contributed by atoms with E-state index in [4.69, 9.17) is 4.74 Å². The molecule has 1 N–H and O–H groups in total. The Morgan fingerprint density at radius 3 is 2.89 bits per heavy atom. The summed E-state index contributed by atoms with van der Waals surface area (Å²) in [5.74, 6) is 0. The van der Waals surface area contributed by atoms with Crippen LogP contribution in [0.5, 0.6) is 0 Å². The molecular formula is C14H21NO3S. The Labute approximate surface area is 115 Å². The predicted octanol–water partition coefficient (Wildman–Crippen LogP) is 1.54. The second-order valence-corrected chi connectivity index (χ2v) is 7.09. The zero-order chi connectivity index (χ0) is 13.9. The monoisotopic (exact) mass is 283 g/mol. The number of rotatable bonds is 4. The second-order valence-electron chi connectivity index (χ2n) is 4.93. The highest BCUT2D eigenvalue weighted by Crippen LogP contribution is 2.23. The standard InChI is InChI=1S/C14H21NO3S/c1-3-15-13-7-8-18-10-14(13)19(16,17)12-6-4-5-11(2)9-12/h4-6,9,13-15H,3,7-8,10H2,1-2H3. The first-order chi connectivity index (χ1) is 9.05. The van der Waals surface area contributed by atoms with Crippen LogP contribution in [0.4, 0.5) is 0 Å². The van der Waals surface area contributed by atoms with Crippen molar-refractivity contribution in [3.63, 3.8) is 0 Å². The Morgan fingerprint density at radius 1 is 1.42 bits per heavy atom. The molecule has 2 unspecified atom stereocenters. The van der Waals surface area contributed by atoms with E-state index in [0.29, 0.717) is 11.5 Å². The lowest BCUT2D eigenvalue weighted by molar-refractivity contribution is 0.0812. The van der Waals surface area contributed by atoms with Gasteiger partial charge in [-0.1, -0.05) is 19.1 Å². The van der Waals surface area contributed by atoms with E-state index in [0.717, 1.165) is 18.5 Å². The smallest absolute Gasteiger partial charge is 0.185 e. The van der Waals surface area contributed by atoms with Gasteiger partial charge in [0.1, 0.15) is 5.25 Å². The van der Waals surface area contributed by atoms with Crippen LogP contribution in [0, 0.1) is 6.92 Å². The quantitative estimate of drug-likeness (QED) is 0.910. The van der Waals surface area contributed by atoms with E-state index < -0.39 is 15.1 Å². The summed E-state index contributed by atoms with van der Waals surface area (Å²) >= 11 is 0. The maximum absolute atomic E-state index is 12.7. The molecule has 1 heterocycles. The third-order valence-electron chi connectivity index (χ3n) is 3.49. The average Bonchev–Trinajstić information content (AvgIpc) is 2.39. The third kappa shape index (κ3) is 3.16. The van der Waals surface area contributed by atoms with E-state index in [9.17, 15) is 8.42 Å². The highest BCUT2D eigenvalue weighted by molar-refractivity contribution is 7.92. The van der Waals surface area contributed by atoms with Gasteiger partial charge in [-0.05, 0) is 37.6 Å². The van der Waals surface area contributed by atoms with Crippen molar-refractivity contribution in [3.05, 3.63) is 29.8 Å². The fourth-order valence-electron chi connectivity index (χ4n) is 2.48. The Morgan fingerprint density at radius 2 is 2.21 bits per heavy atom. The molecule has 0 saturated carbocycles. The van der Waals surface area contributed by atoms with E-state index in [1.54, 1.807) is 18.2 Å². The van der Waals surface area contributed by atoms with Crippen molar-refractivity contribution >= 4 is 9.84 Å². The summed E-state index contributed by atoms with van der Waals surface area (Å²) in [5, 5.41) is 2.77. The number of hydrogen-bond acceptors (Lipinski definition) is 4. The van der Waals surface area contributed by atoms with Crippen molar-refractivity contribution in [3.8, 4) is 0 Å². The van der Waals surface area contributed by atoms with Gasteiger partial charge in [-0.2, -0.15) is 0 Å². The minimum Gasteiger partial charge on any atom is -0.380 e. The molecule has 1 aromatic carbocycles. The molecule has 4 nitrogen and oxygen atoms in total. The van der Waals surface area contributed by atoms with Gasteiger partial charge in [0, 0.05) is 12.6 Å². The number of benzene rings is 1. The normalized spacial score (nSPS) is 24.3. The maximum Gasteiger partial charge on any atom is 0.185 e. The summed E-state index contributed by atoms with van der Waals surface area (Å²) in [6.07, 6.45) is 0.740. The summed E-state index contributed by atoms with van der Waals surface area (Å²) < 4.78 is 30.8. The molecule has 19 heavy (non-hydrogen) atoms. The van der Waals surface area contributed by atoms with E-state index in [-0.39, 0.29) is 12.6 Å². The van der Waals surface area contributed by atoms with E-state index in [2.05, 4.69) is 5.32 Å². The molecule has 1 aliphatic heterocycles. The van der Waals surface area contributed by atoms with Crippen molar-refractivity contribution in [1.29, 1.82) is 0 Å². The molecule has 0 radical (unpaired) electrons. The van der Waals surface area contributed by atoms with Gasteiger partial charge < -0.3 is 10.1 Å². The zero-order valence-corrected chi connectivity index (χ0v) is 12.2.